The lowest BCUT2D eigenvalue weighted by Gasteiger charge is -2.37. The van der Waals surface area contributed by atoms with Crippen LogP contribution in [0.3, 0.4) is 0 Å². The Morgan fingerprint density at radius 3 is 2.77 bits per heavy atom. The Balaban J connectivity index is 1.71. The molecule has 26 heavy (non-hydrogen) atoms. The van der Waals surface area contributed by atoms with Gasteiger partial charge in [0.05, 0.1) is 30.9 Å². The summed E-state index contributed by atoms with van der Waals surface area (Å²) in [4.78, 5) is 25.8. The van der Waals surface area contributed by atoms with Gasteiger partial charge in [0, 0.05) is 25.6 Å². The summed E-state index contributed by atoms with van der Waals surface area (Å²) in [7, 11) is 0. The first kappa shape index (κ1) is 17.2. The maximum absolute atomic E-state index is 13.4. The third-order valence-electron chi connectivity index (χ3n) is 5.19. The second kappa shape index (κ2) is 7.21. The molecule has 4 rings (SSSR count). The molecule has 2 aliphatic rings. The molecule has 1 aromatic heterocycles. The quantitative estimate of drug-likeness (QED) is 0.847. The van der Waals surface area contributed by atoms with Crippen molar-refractivity contribution in [1.29, 1.82) is 0 Å². The molecule has 1 aromatic carbocycles. The molecule has 2 aliphatic heterocycles. The molecule has 0 radical (unpaired) electrons. The maximum atomic E-state index is 13.4. The molecule has 2 aromatic rings. The van der Waals surface area contributed by atoms with Gasteiger partial charge < -0.3 is 4.57 Å². The van der Waals surface area contributed by atoms with Crippen molar-refractivity contribution in [1.82, 2.24) is 19.5 Å². The van der Waals surface area contributed by atoms with Crippen LogP contribution in [0.4, 0.5) is 0 Å². The zero-order valence-corrected chi connectivity index (χ0v) is 15.5. The number of rotatable bonds is 4. The zero-order chi connectivity index (χ0) is 18.1. The van der Waals surface area contributed by atoms with Gasteiger partial charge in [0.15, 0.2) is 0 Å². The molecule has 0 bridgehead atoms. The van der Waals surface area contributed by atoms with E-state index in [4.69, 9.17) is 4.84 Å². The summed E-state index contributed by atoms with van der Waals surface area (Å²) >= 11 is 0. The number of aromatic nitrogens is 2. The van der Waals surface area contributed by atoms with Crippen LogP contribution >= 0.6 is 0 Å². The zero-order valence-electron chi connectivity index (χ0n) is 15.5. The molecule has 1 fully saturated rings. The van der Waals surface area contributed by atoms with Gasteiger partial charge in [0.2, 0.25) is 0 Å². The predicted molar refractivity (Wildman–Crippen MR) is 98.2 cm³/mol. The van der Waals surface area contributed by atoms with Gasteiger partial charge >= 0.3 is 0 Å². The fraction of sp³-hybridized carbons (Fsp3) is 0.500. The van der Waals surface area contributed by atoms with Crippen LogP contribution in [0.1, 0.15) is 49.3 Å². The first-order chi connectivity index (χ1) is 12.6. The number of amides is 1. The Kier molecular flexibility index (Phi) is 4.78. The highest BCUT2D eigenvalue weighted by molar-refractivity contribution is 5.82. The molecule has 138 valence electrons. The van der Waals surface area contributed by atoms with E-state index >= 15 is 0 Å². The van der Waals surface area contributed by atoms with Crippen LogP contribution < -0.4 is 0 Å². The highest BCUT2D eigenvalue weighted by Gasteiger charge is 2.40. The second-order valence-electron chi connectivity index (χ2n) is 7.31. The lowest BCUT2D eigenvalue weighted by atomic mass is 9.99. The van der Waals surface area contributed by atoms with Gasteiger partial charge in [0.1, 0.15) is 6.04 Å². The van der Waals surface area contributed by atoms with Crippen LogP contribution in [0.15, 0.2) is 36.7 Å². The molecule has 0 N–H and O–H groups in total. The summed E-state index contributed by atoms with van der Waals surface area (Å²) in [5.74, 6) is 0.0294. The van der Waals surface area contributed by atoms with Crippen LogP contribution in [-0.4, -0.2) is 45.1 Å². The average molecular weight is 354 g/mol. The number of imidazole rings is 1. The molecule has 6 nitrogen and oxygen atoms in total. The van der Waals surface area contributed by atoms with E-state index in [1.165, 1.54) is 5.56 Å². The number of nitrogens with zero attached hydrogens (tertiary/aromatic N) is 4. The standard InChI is InChI=1S/C20H26N4O2/c1-15(2)23-14-21-17-9-11-22(13-16-7-4-3-5-8-16)19(18(17)23)20(25)24-10-6-12-26-24/h3-5,7-8,14-15,19H,6,9-13H2,1-2H3/t19-/m1/s1. The summed E-state index contributed by atoms with van der Waals surface area (Å²) in [5.41, 5.74) is 3.29. The largest absolute Gasteiger partial charge is 0.330 e. The molecule has 0 saturated carbocycles. The van der Waals surface area contributed by atoms with Crippen LogP contribution in [0.25, 0.3) is 0 Å². The smallest absolute Gasteiger partial charge is 0.269 e. The number of hydrogen-bond acceptors (Lipinski definition) is 4. The lowest BCUT2D eigenvalue weighted by Crippen LogP contribution is -2.45. The van der Waals surface area contributed by atoms with E-state index in [1.54, 1.807) is 5.06 Å². The second-order valence-corrected chi connectivity index (χ2v) is 7.31. The van der Waals surface area contributed by atoms with Crippen LogP contribution in [-0.2, 0) is 22.6 Å². The van der Waals surface area contributed by atoms with Crippen LogP contribution in [0.2, 0.25) is 0 Å². The monoisotopic (exact) mass is 354 g/mol. The number of hydrogen-bond donors (Lipinski definition) is 0. The average Bonchev–Trinajstić information content (AvgIpc) is 3.32. The van der Waals surface area contributed by atoms with Crippen molar-refractivity contribution in [2.24, 2.45) is 0 Å². The fourth-order valence-corrected chi connectivity index (χ4v) is 3.88. The van der Waals surface area contributed by atoms with Gasteiger partial charge in [-0.25, -0.2) is 10.0 Å². The van der Waals surface area contributed by atoms with E-state index in [-0.39, 0.29) is 18.0 Å². The van der Waals surface area contributed by atoms with Crippen molar-refractivity contribution < 1.29 is 9.63 Å². The summed E-state index contributed by atoms with van der Waals surface area (Å²) in [6.07, 6.45) is 3.65. The summed E-state index contributed by atoms with van der Waals surface area (Å²) in [5, 5.41) is 1.55. The van der Waals surface area contributed by atoms with Gasteiger partial charge in [-0.05, 0) is 25.8 Å². The first-order valence-corrected chi connectivity index (χ1v) is 9.43. The first-order valence-electron chi connectivity index (χ1n) is 9.43. The van der Waals surface area contributed by atoms with Crippen molar-refractivity contribution in [2.45, 2.75) is 45.3 Å². The Morgan fingerprint density at radius 1 is 1.27 bits per heavy atom. The van der Waals surface area contributed by atoms with Gasteiger partial charge in [-0.1, -0.05) is 30.3 Å². The van der Waals surface area contributed by atoms with Crippen molar-refractivity contribution >= 4 is 5.91 Å². The van der Waals surface area contributed by atoms with Gasteiger partial charge in [0.25, 0.3) is 5.91 Å². The lowest BCUT2D eigenvalue weighted by molar-refractivity contribution is -0.176. The SMILES string of the molecule is CC(C)n1cnc2c1[C@H](C(=O)N1CCCO1)N(Cc1ccccc1)CC2. The minimum atomic E-state index is -0.345. The molecule has 1 amide bonds. The van der Waals surface area contributed by atoms with E-state index in [1.807, 2.05) is 24.5 Å². The Morgan fingerprint density at radius 2 is 2.08 bits per heavy atom. The highest BCUT2D eigenvalue weighted by Crippen LogP contribution is 2.34. The van der Waals surface area contributed by atoms with Gasteiger partial charge in [-0.15, -0.1) is 0 Å². The molecule has 1 atom stereocenters. The molecule has 0 aliphatic carbocycles. The normalized spacial score (nSPS) is 20.6. The molecule has 1 saturated heterocycles. The number of carbonyl (C=O) groups excluding carboxylic acids is 1. The molecular weight excluding hydrogens is 328 g/mol. The predicted octanol–water partition coefficient (Wildman–Crippen LogP) is 2.73. The van der Waals surface area contributed by atoms with E-state index < -0.39 is 0 Å². The van der Waals surface area contributed by atoms with Gasteiger partial charge in [-0.2, -0.15) is 0 Å². The van der Waals surface area contributed by atoms with Crippen molar-refractivity contribution in [3.05, 3.63) is 53.6 Å². The minimum Gasteiger partial charge on any atom is -0.330 e. The van der Waals surface area contributed by atoms with Gasteiger partial charge in [-0.3, -0.25) is 14.5 Å². The summed E-state index contributed by atoms with van der Waals surface area (Å²) in [6, 6.07) is 10.3. The molecule has 3 heterocycles. The molecule has 6 heteroatoms. The van der Waals surface area contributed by atoms with E-state index in [2.05, 4.69) is 40.4 Å². The van der Waals surface area contributed by atoms with E-state index in [0.29, 0.717) is 13.2 Å². The Labute approximate surface area is 154 Å². The summed E-state index contributed by atoms with van der Waals surface area (Å²) < 4.78 is 2.14. The number of carbonyl (C=O) groups is 1. The van der Waals surface area contributed by atoms with Crippen molar-refractivity contribution in [2.75, 3.05) is 19.7 Å². The van der Waals surface area contributed by atoms with Crippen molar-refractivity contribution in [3.63, 3.8) is 0 Å². The highest BCUT2D eigenvalue weighted by atomic mass is 16.7. The minimum absolute atomic E-state index is 0.0294. The molecule has 0 unspecified atom stereocenters. The Hall–Kier alpha value is -2.18. The van der Waals surface area contributed by atoms with E-state index in [0.717, 1.165) is 37.3 Å². The van der Waals surface area contributed by atoms with Crippen LogP contribution in [0.5, 0.6) is 0 Å². The topological polar surface area (TPSA) is 50.6 Å². The van der Waals surface area contributed by atoms with E-state index in [9.17, 15) is 4.79 Å². The van der Waals surface area contributed by atoms with Crippen molar-refractivity contribution in [3.8, 4) is 0 Å². The number of benzene rings is 1. The molecular formula is C20H26N4O2. The number of hydroxylamine groups is 2. The number of fused-ring (bicyclic) bond motifs is 1. The third-order valence-corrected chi connectivity index (χ3v) is 5.19. The molecule has 0 spiro atoms. The summed E-state index contributed by atoms with van der Waals surface area (Å²) in [6.45, 7) is 7.11. The Bertz CT molecular complexity index is 765. The fourth-order valence-electron chi connectivity index (χ4n) is 3.88. The van der Waals surface area contributed by atoms with Crippen LogP contribution in [0, 0.1) is 0 Å². The maximum Gasteiger partial charge on any atom is 0.269 e. The third kappa shape index (κ3) is 3.15.